The first-order valence-corrected chi connectivity index (χ1v) is 4.22. The van der Waals surface area contributed by atoms with Gasteiger partial charge in [-0.3, -0.25) is 0 Å². The number of pyridine rings is 1. The molecule has 0 radical (unpaired) electrons. The summed E-state index contributed by atoms with van der Waals surface area (Å²) >= 11 is 1.52. The highest BCUT2D eigenvalue weighted by atomic mass is 32.1. The molecule has 3 nitrogen and oxygen atoms in total. The van der Waals surface area contributed by atoms with Crippen molar-refractivity contribution in [3.63, 3.8) is 0 Å². The summed E-state index contributed by atoms with van der Waals surface area (Å²) in [6.45, 7) is 0. The lowest BCUT2D eigenvalue weighted by Crippen LogP contribution is -1.98. The second-order valence-corrected chi connectivity index (χ2v) is 3.28. The monoisotopic (exact) mass is 179 g/mol. The van der Waals surface area contributed by atoms with Crippen LogP contribution in [0.3, 0.4) is 0 Å². The maximum Gasteiger partial charge on any atom is 0.354 e. The molecule has 0 unspecified atom stereocenters. The van der Waals surface area contributed by atoms with Gasteiger partial charge in [0.15, 0.2) is 0 Å². The number of rotatable bonds is 1. The Bertz CT molecular complexity index is 435. The molecule has 2 heterocycles. The van der Waals surface area contributed by atoms with Gasteiger partial charge >= 0.3 is 5.97 Å². The largest absolute Gasteiger partial charge is 0.477 e. The van der Waals surface area contributed by atoms with E-state index in [2.05, 4.69) is 4.98 Å². The van der Waals surface area contributed by atoms with E-state index in [0.717, 1.165) is 10.1 Å². The fraction of sp³-hybridized carbons (Fsp3) is 0. The van der Waals surface area contributed by atoms with E-state index in [9.17, 15) is 4.79 Å². The van der Waals surface area contributed by atoms with Crippen LogP contribution in [0.4, 0.5) is 0 Å². The zero-order valence-electron chi connectivity index (χ0n) is 6.02. The number of thiophene rings is 1. The smallest absolute Gasteiger partial charge is 0.354 e. The van der Waals surface area contributed by atoms with Crippen LogP contribution in [0.1, 0.15) is 10.5 Å². The predicted molar refractivity (Wildman–Crippen MR) is 46.6 cm³/mol. The van der Waals surface area contributed by atoms with Crippen molar-refractivity contribution in [1.29, 1.82) is 0 Å². The Balaban J connectivity index is 2.68. The van der Waals surface area contributed by atoms with Gasteiger partial charge in [0, 0.05) is 16.3 Å². The van der Waals surface area contributed by atoms with Gasteiger partial charge in [0.05, 0.1) is 0 Å². The van der Waals surface area contributed by atoms with Gasteiger partial charge in [0.2, 0.25) is 0 Å². The summed E-state index contributed by atoms with van der Waals surface area (Å²) < 4.78 is 0.961. The lowest BCUT2D eigenvalue weighted by Gasteiger charge is -1.91. The van der Waals surface area contributed by atoms with Crippen LogP contribution in [-0.4, -0.2) is 16.1 Å². The molecule has 4 heteroatoms. The van der Waals surface area contributed by atoms with E-state index in [0.29, 0.717) is 0 Å². The molecule has 60 valence electrons. The fourth-order valence-corrected chi connectivity index (χ4v) is 1.77. The number of fused-ring (bicyclic) bond motifs is 1. The quantitative estimate of drug-likeness (QED) is 0.728. The van der Waals surface area contributed by atoms with Crippen molar-refractivity contribution in [3.05, 3.63) is 29.4 Å². The maximum atomic E-state index is 10.5. The van der Waals surface area contributed by atoms with Gasteiger partial charge in [-0.25, -0.2) is 9.78 Å². The van der Waals surface area contributed by atoms with Gasteiger partial charge in [-0.05, 0) is 17.5 Å². The fourth-order valence-electron chi connectivity index (χ4n) is 0.972. The lowest BCUT2D eigenvalue weighted by atomic mass is 10.3. The van der Waals surface area contributed by atoms with Gasteiger partial charge < -0.3 is 5.11 Å². The molecule has 0 saturated heterocycles. The molecule has 0 fully saturated rings. The molecule has 0 aliphatic carbocycles. The molecule has 0 aromatic carbocycles. The zero-order valence-corrected chi connectivity index (χ0v) is 6.84. The van der Waals surface area contributed by atoms with Crippen molar-refractivity contribution in [2.24, 2.45) is 0 Å². The molecule has 0 atom stereocenters. The van der Waals surface area contributed by atoms with Gasteiger partial charge in [-0.15, -0.1) is 11.3 Å². The minimum atomic E-state index is -0.981. The van der Waals surface area contributed by atoms with Crippen molar-refractivity contribution in [1.82, 2.24) is 4.98 Å². The van der Waals surface area contributed by atoms with Crippen LogP contribution in [-0.2, 0) is 0 Å². The third-order valence-electron chi connectivity index (χ3n) is 1.56. The van der Waals surface area contributed by atoms with Crippen LogP contribution in [0.2, 0.25) is 0 Å². The lowest BCUT2D eigenvalue weighted by molar-refractivity contribution is 0.0691. The highest BCUT2D eigenvalue weighted by Crippen LogP contribution is 2.19. The van der Waals surface area contributed by atoms with Gasteiger partial charge in [-0.1, -0.05) is 0 Å². The number of carbonyl (C=O) groups is 1. The van der Waals surface area contributed by atoms with Gasteiger partial charge in [0.25, 0.3) is 0 Å². The number of nitrogens with zero attached hydrogens (tertiary/aromatic N) is 1. The first-order chi connectivity index (χ1) is 5.77. The third-order valence-corrected chi connectivity index (χ3v) is 2.44. The molecular formula is C8H5NO2S. The van der Waals surface area contributed by atoms with Gasteiger partial charge in [0.1, 0.15) is 5.69 Å². The highest BCUT2D eigenvalue weighted by Gasteiger charge is 2.04. The van der Waals surface area contributed by atoms with E-state index < -0.39 is 5.97 Å². The van der Waals surface area contributed by atoms with Gasteiger partial charge in [-0.2, -0.15) is 0 Å². The standard InChI is InChI=1S/C8H5NO2S/c10-8(11)6-3-7-5(4-9-6)1-2-12-7/h1-4H,(H,10,11). The van der Waals surface area contributed by atoms with Crippen LogP contribution in [0.5, 0.6) is 0 Å². The molecule has 0 spiro atoms. The SMILES string of the molecule is O=C(O)c1cc2sccc2cn1. The molecule has 0 aliphatic heterocycles. The Morgan fingerprint density at radius 3 is 3.17 bits per heavy atom. The summed E-state index contributed by atoms with van der Waals surface area (Å²) in [4.78, 5) is 14.3. The number of aromatic nitrogens is 1. The Labute approximate surface area is 72.3 Å². The Hall–Kier alpha value is -1.42. The molecule has 0 aliphatic rings. The Morgan fingerprint density at radius 1 is 1.58 bits per heavy atom. The van der Waals surface area contributed by atoms with E-state index >= 15 is 0 Å². The normalized spacial score (nSPS) is 10.3. The average molecular weight is 179 g/mol. The zero-order chi connectivity index (χ0) is 8.55. The van der Waals surface area contributed by atoms with Crippen molar-refractivity contribution in [2.45, 2.75) is 0 Å². The Morgan fingerprint density at radius 2 is 2.42 bits per heavy atom. The van der Waals surface area contributed by atoms with Crippen LogP contribution in [0.15, 0.2) is 23.7 Å². The third kappa shape index (κ3) is 1.06. The molecule has 1 N–H and O–H groups in total. The van der Waals surface area contributed by atoms with Crippen molar-refractivity contribution in [2.75, 3.05) is 0 Å². The van der Waals surface area contributed by atoms with Crippen LogP contribution in [0.25, 0.3) is 10.1 Å². The summed E-state index contributed by atoms with van der Waals surface area (Å²) in [5.41, 5.74) is 0.102. The van der Waals surface area contributed by atoms with Crippen LogP contribution < -0.4 is 0 Å². The number of carboxylic acids is 1. The summed E-state index contributed by atoms with van der Waals surface area (Å²) in [5, 5.41) is 11.5. The van der Waals surface area contributed by atoms with Crippen LogP contribution >= 0.6 is 11.3 Å². The number of hydrogen-bond donors (Lipinski definition) is 1. The summed E-state index contributed by atoms with van der Waals surface area (Å²) in [5.74, 6) is -0.981. The summed E-state index contributed by atoms with van der Waals surface area (Å²) in [7, 11) is 0. The molecule has 0 amide bonds. The van der Waals surface area contributed by atoms with E-state index in [1.54, 1.807) is 12.3 Å². The van der Waals surface area contributed by atoms with Crippen LogP contribution in [0, 0.1) is 0 Å². The molecule has 12 heavy (non-hydrogen) atoms. The second kappa shape index (κ2) is 2.57. The molecule has 2 aromatic heterocycles. The highest BCUT2D eigenvalue weighted by molar-refractivity contribution is 7.17. The molecule has 0 bridgehead atoms. The molecular weight excluding hydrogens is 174 g/mol. The second-order valence-electron chi connectivity index (χ2n) is 2.33. The van der Waals surface area contributed by atoms with Crippen molar-refractivity contribution < 1.29 is 9.90 Å². The molecule has 0 saturated carbocycles. The van der Waals surface area contributed by atoms with E-state index in [1.807, 2.05) is 11.4 Å². The maximum absolute atomic E-state index is 10.5. The number of carboxylic acid groups (broad SMARTS) is 1. The van der Waals surface area contributed by atoms with E-state index in [-0.39, 0.29) is 5.69 Å². The summed E-state index contributed by atoms with van der Waals surface area (Å²) in [6.07, 6.45) is 1.58. The summed E-state index contributed by atoms with van der Waals surface area (Å²) in [6, 6.07) is 3.50. The minimum Gasteiger partial charge on any atom is -0.477 e. The van der Waals surface area contributed by atoms with Crippen molar-refractivity contribution >= 4 is 27.4 Å². The Kier molecular flexibility index (Phi) is 1.55. The van der Waals surface area contributed by atoms with Crippen molar-refractivity contribution in [3.8, 4) is 0 Å². The number of aromatic carboxylic acids is 1. The molecule has 2 rings (SSSR count). The number of hydrogen-bond acceptors (Lipinski definition) is 3. The van der Waals surface area contributed by atoms with E-state index in [1.165, 1.54) is 11.3 Å². The average Bonchev–Trinajstić information content (AvgIpc) is 2.49. The molecule has 2 aromatic rings. The topological polar surface area (TPSA) is 50.2 Å². The first kappa shape index (κ1) is 7.24. The predicted octanol–water partition coefficient (Wildman–Crippen LogP) is 1.99. The first-order valence-electron chi connectivity index (χ1n) is 3.34. The van der Waals surface area contributed by atoms with E-state index in [4.69, 9.17) is 5.11 Å². The minimum absolute atomic E-state index is 0.102.